The lowest BCUT2D eigenvalue weighted by molar-refractivity contribution is -0.161. The molecule has 0 bridgehead atoms. The fourth-order valence-electron chi connectivity index (χ4n) is 1.38. The molecule has 7 heteroatoms. The smallest absolute Gasteiger partial charge is 0.409 e. The number of alkyl halides is 3. The quantitative estimate of drug-likeness (QED) is 0.664. The van der Waals surface area contributed by atoms with Gasteiger partial charge >= 0.3 is 12.1 Å². The van der Waals surface area contributed by atoms with Crippen molar-refractivity contribution in [1.82, 2.24) is 0 Å². The molecule has 0 spiro atoms. The Morgan fingerprint density at radius 1 is 1.32 bits per heavy atom. The van der Waals surface area contributed by atoms with Crippen LogP contribution in [-0.4, -0.2) is 24.8 Å². The average molecular weight is 279 g/mol. The van der Waals surface area contributed by atoms with E-state index in [9.17, 15) is 22.4 Å². The number of rotatable bonds is 5. The number of carbonyl (C=O) groups excluding carboxylic acids is 1. The number of ether oxygens (including phenoxy) is 1. The highest BCUT2D eigenvalue weighted by Gasteiger charge is 2.41. The molecular formula is C12H13F4NO2. The van der Waals surface area contributed by atoms with Crippen LogP contribution in [0.3, 0.4) is 0 Å². The Morgan fingerprint density at radius 2 is 1.89 bits per heavy atom. The monoisotopic (exact) mass is 279 g/mol. The molecule has 0 aliphatic carbocycles. The highest BCUT2D eigenvalue weighted by atomic mass is 19.4. The molecular weight excluding hydrogens is 266 g/mol. The van der Waals surface area contributed by atoms with Gasteiger partial charge in [0.2, 0.25) is 0 Å². The van der Waals surface area contributed by atoms with Crippen molar-refractivity contribution in [2.45, 2.75) is 25.6 Å². The Balaban J connectivity index is 2.75. The number of hydrogen-bond donors (Lipinski definition) is 1. The van der Waals surface area contributed by atoms with Crippen molar-refractivity contribution < 1.29 is 27.1 Å². The molecule has 1 aromatic carbocycles. The molecule has 1 aromatic rings. The first-order valence-electron chi connectivity index (χ1n) is 5.57. The fraction of sp³-hybridized carbons (Fsp3) is 0.417. The third-order valence-electron chi connectivity index (χ3n) is 2.26. The lowest BCUT2D eigenvalue weighted by atomic mass is 10.2. The van der Waals surface area contributed by atoms with Crippen molar-refractivity contribution in [1.29, 1.82) is 0 Å². The normalized spacial score (nSPS) is 12.9. The summed E-state index contributed by atoms with van der Waals surface area (Å²) in [4.78, 5) is 11.1. The van der Waals surface area contributed by atoms with E-state index in [0.717, 1.165) is 12.1 Å². The van der Waals surface area contributed by atoms with Gasteiger partial charge in [0.25, 0.3) is 0 Å². The molecule has 0 aliphatic rings. The zero-order valence-corrected chi connectivity index (χ0v) is 10.1. The minimum absolute atomic E-state index is 0.0138. The van der Waals surface area contributed by atoms with Crippen molar-refractivity contribution >= 4 is 11.7 Å². The zero-order chi connectivity index (χ0) is 14.5. The SMILES string of the molecule is CCOC(=O)C[C@@H](Nc1ccc(F)cc1)C(F)(F)F. The van der Waals surface area contributed by atoms with Crippen LogP contribution in [0.1, 0.15) is 13.3 Å². The second kappa shape index (κ2) is 6.40. The molecule has 0 aliphatic heterocycles. The van der Waals surface area contributed by atoms with Crippen LogP contribution in [0.15, 0.2) is 24.3 Å². The third-order valence-corrected chi connectivity index (χ3v) is 2.26. The molecule has 0 unspecified atom stereocenters. The molecule has 1 atom stereocenters. The van der Waals surface area contributed by atoms with Crippen LogP contribution >= 0.6 is 0 Å². The van der Waals surface area contributed by atoms with Crippen LogP contribution in [0, 0.1) is 5.82 Å². The van der Waals surface area contributed by atoms with Gasteiger partial charge in [-0.15, -0.1) is 0 Å². The Morgan fingerprint density at radius 3 is 2.37 bits per heavy atom. The predicted molar refractivity (Wildman–Crippen MR) is 61.1 cm³/mol. The second-order valence-electron chi connectivity index (χ2n) is 3.75. The number of nitrogens with one attached hydrogen (secondary N) is 1. The maximum Gasteiger partial charge on any atom is 0.409 e. The van der Waals surface area contributed by atoms with Gasteiger partial charge in [-0.3, -0.25) is 4.79 Å². The van der Waals surface area contributed by atoms with Crippen molar-refractivity contribution in [2.75, 3.05) is 11.9 Å². The number of hydrogen-bond acceptors (Lipinski definition) is 3. The van der Waals surface area contributed by atoms with E-state index < -0.39 is 30.4 Å². The average Bonchev–Trinajstić information content (AvgIpc) is 2.30. The van der Waals surface area contributed by atoms with Crippen LogP contribution in [0.4, 0.5) is 23.2 Å². The van der Waals surface area contributed by atoms with Crippen LogP contribution in [0.2, 0.25) is 0 Å². The van der Waals surface area contributed by atoms with Crippen molar-refractivity contribution in [3.63, 3.8) is 0 Å². The molecule has 1 rings (SSSR count). The summed E-state index contributed by atoms with van der Waals surface area (Å²) in [6.07, 6.45) is -5.45. The molecule has 19 heavy (non-hydrogen) atoms. The summed E-state index contributed by atoms with van der Waals surface area (Å²) in [5.41, 5.74) is 0.0769. The van der Waals surface area contributed by atoms with Crippen LogP contribution < -0.4 is 5.32 Å². The maximum atomic E-state index is 12.7. The summed E-state index contributed by atoms with van der Waals surface area (Å²) in [6, 6.07) is 2.32. The third kappa shape index (κ3) is 5.15. The number of benzene rings is 1. The van der Waals surface area contributed by atoms with Gasteiger partial charge in [-0.1, -0.05) is 0 Å². The van der Waals surface area contributed by atoms with E-state index in [-0.39, 0.29) is 12.3 Å². The van der Waals surface area contributed by atoms with Gasteiger partial charge in [0.05, 0.1) is 13.0 Å². The Labute approximate surface area is 107 Å². The molecule has 3 nitrogen and oxygen atoms in total. The second-order valence-corrected chi connectivity index (χ2v) is 3.75. The number of carbonyl (C=O) groups is 1. The first kappa shape index (κ1) is 15.3. The summed E-state index contributed by atoms with van der Waals surface area (Å²) in [5, 5.41) is 2.14. The largest absolute Gasteiger partial charge is 0.466 e. The maximum absolute atomic E-state index is 12.7. The molecule has 0 aromatic heterocycles. The van der Waals surface area contributed by atoms with Crippen LogP contribution in [-0.2, 0) is 9.53 Å². The van der Waals surface area contributed by atoms with Crippen molar-refractivity contribution in [3.05, 3.63) is 30.1 Å². The Bertz CT molecular complexity index is 417. The molecule has 0 saturated carbocycles. The Hall–Kier alpha value is -1.79. The molecule has 0 fully saturated rings. The van der Waals surface area contributed by atoms with Gasteiger partial charge in [0.1, 0.15) is 11.9 Å². The minimum Gasteiger partial charge on any atom is -0.466 e. The van der Waals surface area contributed by atoms with Gasteiger partial charge in [-0.05, 0) is 31.2 Å². The standard InChI is InChI=1S/C12H13F4NO2/c1-2-19-11(18)7-10(12(14,15)16)17-9-5-3-8(13)4-6-9/h3-6,10,17H,2,7H2,1H3/t10-/m1/s1. The number of anilines is 1. The van der Waals surface area contributed by atoms with E-state index in [4.69, 9.17) is 0 Å². The van der Waals surface area contributed by atoms with E-state index in [2.05, 4.69) is 10.1 Å². The fourth-order valence-corrected chi connectivity index (χ4v) is 1.38. The predicted octanol–water partition coefficient (Wildman–Crippen LogP) is 3.12. The molecule has 0 saturated heterocycles. The zero-order valence-electron chi connectivity index (χ0n) is 10.1. The van der Waals surface area contributed by atoms with Crippen LogP contribution in [0.5, 0.6) is 0 Å². The van der Waals surface area contributed by atoms with Gasteiger partial charge in [0.15, 0.2) is 0 Å². The number of esters is 1. The van der Waals surface area contributed by atoms with E-state index in [1.807, 2.05) is 0 Å². The highest BCUT2D eigenvalue weighted by Crippen LogP contribution is 2.26. The minimum atomic E-state index is -4.61. The van der Waals surface area contributed by atoms with Crippen molar-refractivity contribution in [2.24, 2.45) is 0 Å². The van der Waals surface area contributed by atoms with E-state index in [0.29, 0.717) is 0 Å². The van der Waals surface area contributed by atoms with Gasteiger partial charge in [-0.25, -0.2) is 4.39 Å². The summed E-state index contributed by atoms with van der Waals surface area (Å²) in [5.74, 6) is -1.50. The molecule has 0 amide bonds. The van der Waals surface area contributed by atoms with E-state index in [1.165, 1.54) is 19.1 Å². The lowest BCUT2D eigenvalue weighted by Gasteiger charge is -2.21. The lowest BCUT2D eigenvalue weighted by Crippen LogP contribution is -2.38. The highest BCUT2D eigenvalue weighted by molar-refractivity contribution is 5.71. The summed E-state index contributed by atoms with van der Waals surface area (Å²) < 4.78 is 55.4. The van der Waals surface area contributed by atoms with Crippen molar-refractivity contribution in [3.8, 4) is 0 Å². The number of halogens is 4. The molecule has 1 N–H and O–H groups in total. The molecule has 0 radical (unpaired) electrons. The van der Waals surface area contributed by atoms with Gasteiger partial charge < -0.3 is 10.1 Å². The van der Waals surface area contributed by atoms with E-state index >= 15 is 0 Å². The summed E-state index contributed by atoms with van der Waals surface area (Å²) >= 11 is 0. The first-order chi connectivity index (χ1) is 8.82. The summed E-state index contributed by atoms with van der Waals surface area (Å²) in [6.45, 7) is 1.52. The van der Waals surface area contributed by atoms with Crippen LogP contribution in [0.25, 0.3) is 0 Å². The van der Waals surface area contributed by atoms with Gasteiger partial charge in [-0.2, -0.15) is 13.2 Å². The Kier molecular flexibility index (Phi) is 5.14. The topological polar surface area (TPSA) is 38.3 Å². The molecule has 106 valence electrons. The van der Waals surface area contributed by atoms with Gasteiger partial charge in [0, 0.05) is 5.69 Å². The first-order valence-corrected chi connectivity index (χ1v) is 5.57. The molecule has 0 heterocycles. The summed E-state index contributed by atoms with van der Waals surface area (Å²) in [7, 11) is 0. The van der Waals surface area contributed by atoms with E-state index in [1.54, 1.807) is 0 Å².